The molecule has 0 saturated carbocycles. The lowest BCUT2D eigenvalue weighted by Gasteiger charge is -2.19. The number of hydrogen-bond acceptors (Lipinski definition) is 3. The molecule has 4 nitrogen and oxygen atoms in total. The summed E-state index contributed by atoms with van der Waals surface area (Å²) in [6, 6.07) is 8.63. The van der Waals surface area contributed by atoms with Crippen LogP contribution in [0.15, 0.2) is 41.8 Å². The van der Waals surface area contributed by atoms with Crippen molar-refractivity contribution in [3.63, 3.8) is 0 Å². The summed E-state index contributed by atoms with van der Waals surface area (Å²) in [6.07, 6.45) is 0. The Labute approximate surface area is 148 Å². The molecule has 0 spiro atoms. The van der Waals surface area contributed by atoms with E-state index in [1.54, 1.807) is 11.0 Å². The fraction of sp³-hybridized carbons (Fsp3) is 0.222. The van der Waals surface area contributed by atoms with Gasteiger partial charge in [-0.15, -0.1) is 11.3 Å². The molecule has 0 fully saturated rings. The minimum absolute atomic E-state index is 0.0414. The van der Waals surface area contributed by atoms with Crippen molar-refractivity contribution in [3.8, 4) is 16.3 Å². The Bertz CT molecular complexity index is 886. The molecule has 7 heteroatoms. The first-order valence-electron chi connectivity index (χ1n) is 7.93. The molecule has 0 aliphatic heterocycles. The number of thiophene rings is 1. The van der Waals surface area contributed by atoms with Gasteiger partial charge in [-0.3, -0.25) is 4.79 Å². The zero-order valence-electron chi connectivity index (χ0n) is 13.9. The summed E-state index contributed by atoms with van der Waals surface area (Å²) in [6.45, 7) is 4.81. The van der Waals surface area contributed by atoms with Crippen LogP contribution in [0.1, 0.15) is 24.3 Å². The fourth-order valence-corrected chi connectivity index (χ4v) is 3.27. The maximum atomic E-state index is 14.3. The van der Waals surface area contributed by atoms with E-state index in [1.807, 2.05) is 31.4 Å². The van der Waals surface area contributed by atoms with Crippen LogP contribution >= 0.6 is 11.3 Å². The van der Waals surface area contributed by atoms with Crippen molar-refractivity contribution < 1.29 is 13.6 Å². The Morgan fingerprint density at radius 3 is 2.56 bits per heavy atom. The maximum Gasteiger partial charge on any atom is 0.272 e. The van der Waals surface area contributed by atoms with Crippen molar-refractivity contribution in [1.82, 2.24) is 14.7 Å². The van der Waals surface area contributed by atoms with Crippen LogP contribution in [-0.2, 0) is 0 Å². The molecule has 1 aromatic carbocycles. The summed E-state index contributed by atoms with van der Waals surface area (Å²) in [5, 5.41) is 6.30. The Kier molecular flexibility index (Phi) is 4.94. The van der Waals surface area contributed by atoms with Gasteiger partial charge in [-0.05, 0) is 43.5 Å². The number of carbonyl (C=O) groups is 1. The van der Waals surface area contributed by atoms with Gasteiger partial charge in [-0.25, -0.2) is 13.5 Å². The third-order valence-electron chi connectivity index (χ3n) is 3.89. The van der Waals surface area contributed by atoms with Crippen LogP contribution < -0.4 is 0 Å². The molecule has 0 radical (unpaired) electrons. The molecule has 25 heavy (non-hydrogen) atoms. The van der Waals surface area contributed by atoms with E-state index in [0.29, 0.717) is 18.8 Å². The summed E-state index contributed by atoms with van der Waals surface area (Å²) < 4.78 is 28.8. The van der Waals surface area contributed by atoms with E-state index >= 15 is 0 Å². The molecule has 0 N–H and O–H groups in total. The highest BCUT2D eigenvalue weighted by molar-refractivity contribution is 7.13. The monoisotopic (exact) mass is 361 g/mol. The van der Waals surface area contributed by atoms with Gasteiger partial charge >= 0.3 is 0 Å². The van der Waals surface area contributed by atoms with Crippen molar-refractivity contribution in [2.24, 2.45) is 0 Å². The van der Waals surface area contributed by atoms with Gasteiger partial charge in [-0.2, -0.15) is 5.10 Å². The van der Waals surface area contributed by atoms with Crippen molar-refractivity contribution in [3.05, 3.63) is 59.1 Å². The van der Waals surface area contributed by atoms with E-state index in [0.717, 1.165) is 17.0 Å². The number of hydrogen-bond donors (Lipinski definition) is 0. The quantitative estimate of drug-likeness (QED) is 0.677. The summed E-state index contributed by atoms with van der Waals surface area (Å²) in [4.78, 5) is 15.3. The normalized spacial score (nSPS) is 10.9. The van der Waals surface area contributed by atoms with E-state index in [9.17, 15) is 13.6 Å². The van der Waals surface area contributed by atoms with Gasteiger partial charge in [0.05, 0.1) is 4.88 Å². The van der Waals surface area contributed by atoms with E-state index < -0.39 is 11.6 Å². The first-order valence-corrected chi connectivity index (χ1v) is 8.81. The van der Waals surface area contributed by atoms with Gasteiger partial charge < -0.3 is 4.90 Å². The molecule has 2 heterocycles. The summed E-state index contributed by atoms with van der Waals surface area (Å²) in [5.41, 5.74) is 0.867. The highest BCUT2D eigenvalue weighted by Crippen LogP contribution is 2.27. The largest absolute Gasteiger partial charge is 0.338 e. The molecule has 2 aromatic heterocycles. The number of halogens is 2. The second-order valence-corrected chi connectivity index (χ2v) is 6.32. The number of benzene rings is 1. The summed E-state index contributed by atoms with van der Waals surface area (Å²) in [7, 11) is 0. The lowest BCUT2D eigenvalue weighted by Crippen LogP contribution is -2.32. The molecule has 0 saturated heterocycles. The van der Waals surface area contributed by atoms with E-state index in [4.69, 9.17) is 0 Å². The minimum Gasteiger partial charge on any atom is -0.338 e. The molecule has 1 amide bonds. The lowest BCUT2D eigenvalue weighted by atomic mass is 10.2. The Morgan fingerprint density at radius 2 is 1.96 bits per heavy atom. The summed E-state index contributed by atoms with van der Waals surface area (Å²) >= 11 is 1.48. The van der Waals surface area contributed by atoms with Crippen molar-refractivity contribution in [2.45, 2.75) is 13.8 Å². The number of amides is 1. The Balaban J connectivity index is 2.16. The number of aromatic nitrogens is 2. The molecule has 0 unspecified atom stereocenters. The molecular formula is C18H17F2N3OS. The second-order valence-electron chi connectivity index (χ2n) is 5.38. The Hall–Kier alpha value is -2.54. The molecule has 3 aromatic rings. The van der Waals surface area contributed by atoms with E-state index in [1.165, 1.54) is 22.1 Å². The highest BCUT2D eigenvalue weighted by Gasteiger charge is 2.23. The zero-order valence-corrected chi connectivity index (χ0v) is 14.7. The maximum absolute atomic E-state index is 14.3. The molecule has 0 aliphatic carbocycles. The number of nitrogens with zero attached hydrogens (tertiary/aromatic N) is 3. The van der Waals surface area contributed by atoms with Gasteiger partial charge in [0.25, 0.3) is 5.91 Å². The topological polar surface area (TPSA) is 38.1 Å². The van der Waals surface area contributed by atoms with Crippen LogP contribution in [0.3, 0.4) is 0 Å². The average molecular weight is 361 g/mol. The predicted molar refractivity (Wildman–Crippen MR) is 94.0 cm³/mol. The smallest absolute Gasteiger partial charge is 0.272 e. The molecule has 3 rings (SSSR count). The highest BCUT2D eigenvalue weighted by atomic mass is 32.1. The third-order valence-corrected chi connectivity index (χ3v) is 4.78. The first kappa shape index (κ1) is 17.3. The molecule has 130 valence electrons. The van der Waals surface area contributed by atoms with Gasteiger partial charge in [0, 0.05) is 19.2 Å². The van der Waals surface area contributed by atoms with Gasteiger partial charge in [-0.1, -0.05) is 6.07 Å². The zero-order chi connectivity index (χ0) is 18.0. The predicted octanol–water partition coefficient (Wildman–Crippen LogP) is 4.36. The van der Waals surface area contributed by atoms with Crippen LogP contribution in [0.2, 0.25) is 0 Å². The molecule has 0 bridgehead atoms. The number of rotatable bonds is 5. The van der Waals surface area contributed by atoms with Gasteiger partial charge in [0.1, 0.15) is 22.9 Å². The van der Waals surface area contributed by atoms with Crippen molar-refractivity contribution in [1.29, 1.82) is 0 Å². The van der Waals surface area contributed by atoms with Crippen molar-refractivity contribution in [2.75, 3.05) is 13.1 Å². The standard InChI is InChI=1S/C18H17F2N3OS/c1-3-22(4-2)18(24)16-11-14(17-6-5-9-25-17)21-23(16)15-8-7-12(19)10-13(15)20/h5-11H,3-4H2,1-2H3. The third kappa shape index (κ3) is 3.32. The Morgan fingerprint density at radius 1 is 1.20 bits per heavy atom. The van der Waals surface area contributed by atoms with E-state index in [-0.39, 0.29) is 17.3 Å². The van der Waals surface area contributed by atoms with Crippen LogP contribution in [0.4, 0.5) is 8.78 Å². The molecular weight excluding hydrogens is 344 g/mol. The number of carbonyl (C=O) groups excluding carboxylic acids is 1. The van der Waals surface area contributed by atoms with Crippen LogP contribution in [0.5, 0.6) is 0 Å². The minimum atomic E-state index is -0.769. The SMILES string of the molecule is CCN(CC)C(=O)c1cc(-c2cccs2)nn1-c1ccc(F)cc1F. The first-order chi connectivity index (χ1) is 12.0. The molecule has 0 atom stereocenters. The van der Waals surface area contributed by atoms with Gasteiger partial charge in [0.15, 0.2) is 5.82 Å². The van der Waals surface area contributed by atoms with Crippen LogP contribution in [0.25, 0.3) is 16.3 Å². The van der Waals surface area contributed by atoms with Crippen molar-refractivity contribution >= 4 is 17.2 Å². The second kappa shape index (κ2) is 7.14. The lowest BCUT2D eigenvalue weighted by molar-refractivity contribution is 0.0764. The van der Waals surface area contributed by atoms with E-state index in [2.05, 4.69) is 5.10 Å². The summed E-state index contributed by atoms with van der Waals surface area (Å²) in [5.74, 6) is -1.69. The molecule has 0 aliphatic rings. The average Bonchev–Trinajstić information content (AvgIpc) is 3.25. The van der Waals surface area contributed by atoms with Gasteiger partial charge in [0.2, 0.25) is 0 Å². The fourth-order valence-electron chi connectivity index (χ4n) is 2.59. The van der Waals surface area contributed by atoms with Crippen LogP contribution in [-0.4, -0.2) is 33.7 Å². The van der Waals surface area contributed by atoms with Crippen LogP contribution in [0, 0.1) is 11.6 Å².